The molecular formula is C14H28N2O2. The van der Waals surface area contributed by atoms with Gasteiger partial charge in [0.2, 0.25) is 0 Å². The van der Waals surface area contributed by atoms with Crippen molar-refractivity contribution in [2.24, 2.45) is 11.1 Å². The van der Waals surface area contributed by atoms with Crippen LogP contribution in [0.1, 0.15) is 53.9 Å². The van der Waals surface area contributed by atoms with Crippen LogP contribution in [0.2, 0.25) is 0 Å². The molecule has 1 aliphatic rings. The first-order valence-electron chi connectivity index (χ1n) is 6.87. The van der Waals surface area contributed by atoms with Crippen molar-refractivity contribution in [3.05, 3.63) is 0 Å². The Labute approximate surface area is 111 Å². The van der Waals surface area contributed by atoms with E-state index in [4.69, 9.17) is 10.5 Å². The average Bonchev–Trinajstić information content (AvgIpc) is 2.63. The van der Waals surface area contributed by atoms with Crippen molar-refractivity contribution in [3.63, 3.8) is 0 Å². The molecule has 1 fully saturated rings. The SMILES string of the molecule is CC(C)(C)OC(=O)N1CCCC1C(C)(C)CCN. The minimum Gasteiger partial charge on any atom is -0.444 e. The summed E-state index contributed by atoms with van der Waals surface area (Å²) in [6.07, 6.45) is 2.84. The number of likely N-dealkylation sites (tertiary alicyclic amines) is 1. The molecule has 0 aliphatic carbocycles. The Morgan fingerprint density at radius 1 is 1.33 bits per heavy atom. The van der Waals surface area contributed by atoms with Gasteiger partial charge in [0.15, 0.2) is 0 Å². The molecule has 0 bridgehead atoms. The van der Waals surface area contributed by atoms with Crippen LogP contribution in [-0.4, -0.2) is 35.7 Å². The van der Waals surface area contributed by atoms with Crippen molar-refractivity contribution in [2.45, 2.75) is 65.5 Å². The third kappa shape index (κ3) is 3.87. The Morgan fingerprint density at radius 2 is 1.94 bits per heavy atom. The molecule has 4 nitrogen and oxygen atoms in total. The van der Waals surface area contributed by atoms with Gasteiger partial charge in [-0.15, -0.1) is 0 Å². The lowest BCUT2D eigenvalue weighted by molar-refractivity contribution is 0.00973. The van der Waals surface area contributed by atoms with Gasteiger partial charge >= 0.3 is 6.09 Å². The number of carbonyl (C=O) groups is 1. The number of rotatable bonds is 3. The molecule has 2 N–H and O–H groups in total. The maximum absolute atomic E-state index is 12.2. The van der Waals surface area contributed by atoms with Crippen LogP contribution in [0.4, 0.5) is 4.79 Å². The fourth-order valence-electron chi connectivity index (χ4n) is 2.66. The van der Waals surface area contributed by atoms with Crippen molar-refractivity contribution in [2.75, 3.05) is 13.1 Å². The summed E-state index contributed by atoms with van der Waals surface area (Å²) in [5.41, 5.74) is 5.30. The third-order valence-electron chi connectivity index (χ3n) is 3.57. The molecule has 1 unspecified atom stereocenters. The first-order chi connectivity index (χ1) is 8.17. The second-order valence-electron chi connectivity index (χ2n) is 6.86. The Balaban J connectivity index is 2.73. The maximum Gasteiger partial charge on any atom is 0.410 e. The summed E-state index contributed by atoms with van der Waals surface area (Å²) in [5.74, 6) is 0. The Bertz CT molecular complexity index is 295. The summed E-state index contributed by atoms with van der Waals surface area (Å²) < 4.78 is 5.48. The van der Waals surface area contributed by atoms with E-state index in [9.17, 15) is 4.79 Å². The van der Waals surface area contributed by atoms with E-state index in [1.165, 1.54) is 0 Å². The number of nitrogens with zero attached hydrogens (tertiary/aromatic N) is 1. The van der Waals surface area contributed by atoms with E-state index in [0.29, 0.717) is 6.54 Å². The van der Waals surface area contributed by atoms with Crippen LogP contribution in [0.3, 0.4) is 0 Å². The fourth-order valence-corrected chi connectivity index (χ4v) is 2.66. The molecule has 0 aromatic carbocycles. The highest BCUT2D eigenvalue weighted by Crippen LogP contribution is 2.36. The fraction of sp³-hybridized carbons (Fsp3) is 0.929. The molecule has 0 spiro atoms. The summed E-state index contributed by atoms with van der Waals surface area (Å²) in [7, 11) is 0. The topological polar surface area (TPSA) is 55.6 Å². The Morgan fingerprint density at radius 3 is 2.44 bits per heavy atom. The van der Waals surface area contributed by atoms with Crippen molar-refractivity contribution in [3.8, 4) is 0 Å². The zero-order valence-electron chi connectivity index (χ0n) is 12.5. The van der Waals surface area contributed by atoms with Gasteiger partial charge in [-0.2, -0.15) is 0 Å². The monoisotopic (exact) mass is 256 g/mol. The molecule has 4 heteroatoms. The van der Waals surface area contributed by atoms with Gasteiger partial charge in [-0.25, -0.2) is 4.79 Å². The van der Waals surface area contributed by atoms with E-state index >= 15 is 0 Å². The average molecular weight is 256 g/mol. The van der Waals surface area contributed by atoms with E-state index in [1.807, 2.05) is 25.7 Å². The molecule has 18 heavy (non-hydrogen) atoms. The first-order valence-corrected chi connectivity index (χ1v) is 6.87. The molecule has 0 aromatic rings. The standard InChI is InChI=1S/C14H28N2O2/c1-13(2,3)18-12(17)16-10-6-7-11(16)14(4,5)8-9-15/h11H,6-10,15H2,1-5H3. The van der Waals surface area contributed by atoms with Crippen molar-refractivity contribution in [1.29, 1.82) is 0 Å². The molecule has 0 aromatic heterocycles. The minimum atomic E-state index is -0.428. The molecule has 1 amide bonds. The lowest BCUT2D eigenvalue weighted by Gasteiger charge is -2.38. The molecule has 0 radical (unpaired) electrons. The van der Waals surface area contributed by atoms with Crippen LogP contribution < -0.4 is 5.73 Å². The molecule has 1 aliphatic heterocycles. The first kappa shape index (κ1) is 15.3. The van der Waals surface area contributed by atoms with Crippen LogP contribution in [0, 0.1) is 5.41 Å². The van der Waals surface area contributed by atoms with E-state index < -0.39 is 5.60 Å². The molecule has 1 heterocycles. The van der Waals surface area contributed by atoms with Gasteiger partial charge in [0.1, 0.15) is 5.60 Å². The highest BCUT2D eigenvalue weighted by atomic mass is 16.6. The molecule has 1 atom stereocenters. The Hall–Kier alpha value is -0.770. The van der Waals surface area contributed by atoms with Gasteiger partial charge < -0.3 is 15.4 Å². The smallest absolute Gasteiger partial charge is 0.410 e. The van der Waals surface area contributed by atoms with E-state index in [0.717, 1.165) is 25.8 Å². The Kier molecular flexibility index (Phi) is 4.65. The number of carbonyl (C=O) groups excluding carboxylic acids is 1. The van der Waals surface area contributed by atoms with Crippen LogP contribution in [0.15, 0.2) is 0 Å². The molecule has 106 valence electrons. The van der Waals surface area contributed by atoms with Crippen LogP contribution >= 0.6 is 0 Å². The van der Waals surface area contributed by atoms with Gasteiger partial charge in [0.25, 0.3) is 0 Å². The van der Waals surface area contributed by atoms with Gasteiger partial charge in [0, 0.05) is 12.6 Å². The summed E-state index contributed by atoms with van der Waals surface area (Å²) in [6.45, 7) is 11.5. The van der Waals surface area contributed by atoms with Crippen molar-refractivity contribution >= 4 is 6.09 Å². The van der Waals surface area contributed by atoms with Crippen LogP contribution in [0.25, 0.3) is 0 Å². The van der Waals surface area contributed by atoms with Gasteiger partial charge in [-0.05, 0) is 52.0 Å². The second-order valence-corrected chi connectivity index (χ2v) is 6.86. The summed E-state index contributed by atoms with van der Waals surface area (Å²) in [5, 5.41) is 0. The lowest BCUT2D eigenvalue weighted by atomic mass is 9.80. The summed E-state index contributed by atoms with van der Waals surface area (Å²) >= 11 is 0. The minimum absolute atomic E-state index is 0.0577. The third-order valence-corrected chi connectivity index (χ3v) is 3.57. The van der Waals surface area contributed by atoms with Crippen LogP contribution in [0.5, 0.6) is 0 Å². The number of hydrogen-bond donors (Lipinski definition) is 1. The van der Waals surface area contributed by atoms with Gasteiger partial charge in [-0.1, -0.05) is 13.8 Å². The summed E-state index contributed by atoms with van der Waals surface area (Å²) in [6, 6.07) is 0.246. The quantitative estimate of drug-likeness (QED) is 0.844. The van der Waals surface area contributed by atoms with E-state index in [1.54, 1.807) is 0 Å². The predicted molar refractivity (Wildman–Crippen MR) is 73.4 cm³/mol. The number of hydrogen-bond acceptors (Lipinski definition) is 3. The van der Waals surface area contributed by atoms with Crippen molar-refractivity contribution < 1.29 is 9.53 Å². The van der Waals surface area contributed by atoms with Crippen LogP contribution in [-0.2, 0) is 4.74 Å². The maximum atomic E-state index is 12.2. The highest BCUT2D eigenvalue weighted by molar-refractivity contribution is 5.69. The zero-order valence-corrected chi connectivity index (χ0v) is 12.5. The normalized spacial score (nSPS) is 21.2. The van der Waals surface area contributed by atoms with Gasteiger partial charge in [-0.3, -0.25) is 0 Å². The highest BCUT2D eigenvalue weighted by Gasteiger charge is 2.40. The number of amides is 1. The molecule has 1 saturated heterocycles. The second kappa shape index (κ2) is 5.47. The lowest BCUT2D eigenvalue weighted by Crippen LogP contribution is -2.46. The van der Waals surface area contributed by atoms with Crippen molar-refractivity contribution in [1.82, 2.24) is 4.90 Å². The number of ether oxygens (including phenoxy) is 1. The number of nitrogens with two attached hydrogens (primary N) is 1. The molecule has 1 rings (SSSR count). The van der Waals surface area contributed by atoms with E-state index in [-0.39, 0.29) is 17.6 Å². The van der Waals surface area contributed by atoms with Gasteiger partial charge in [0.05, 0.1) is 0 Å². The molecule has 0 saturated carbocycles. The largest absolute Gasteiger partial charge is 0.444 e. The van der Waals surface area contributed by atoms with E-state index in [2.05, 4.69) is 13.8 Å². The molecular weight excluding hydrogens is 228 g/mol. The summed E-state index contributed by atoms with van der Waals surface area (Å²) in [4.78, 5) is 14.1. The zero-order chi connectivity index (χ0) is 14.0. The predicted octanol–water partition coefficient (Wildman–Crippen LogP) is 2.76.